The number of rotatable bonds is 12. The summed E-state index contributed by atoms with van der Waals surface area (Å²) in [7, 11) is 0. The monoisotopic (exact) mass is 516 g/mol. The highest BCUT2D eigenvalue weighted by atomic mass is 16.6. The second-order valence-corrected chi connectivity index (χ2v) is 9.08. The Morgan fingerprint density at radius 2 is 1.45 bits per heavy atom. The molecule has 0 aromatic heterocycles. The summed E-state index contributed by atoms with van der Waals surface area (Å²) in [6.07, 6.45) is -1.28. The molecule has 1 saturated heterocycles. The minimum Gasteiger partial charge on any atom is -0.458 e. The van der Waals surface area contributed by atoms with Gasteiger partial charge >= 0.3 is 11.9 Å². The van der Waals surface area contributed by atoms with Crippen LogP contribution in [-0.4, -0.2) is 54.2 Å². The van der Waals surface area contributed by atoms with Crippen molar-refractivity contribution in [3.8, 4) is 0 Å². The molecule has 198 valence electrons. The number of aliphatic hydroxyl groups excluding tert-OH is 1. The fraction of sp³-hybridized carbons (Fsp3) is 0.290. The van der Waals surface area contributed by atoms with Crippen LogP contribution in [0.15, 0.2) is 104 Å². The van der Waals surface area contributed by atoms with Crippen molar-refractivity contribution in [1.29, 1.82) is 0 Å². The normalized spacial score (nSPS) is 21.4. The first-order chi connectivity index (χ1) is 18.5. The molecule has 0 aliphatic carbocycles. The fourth-order valence-electron chi connectivity index (χ4n) is 4.36. The van der Waals surface area contributed by atoms with Gasteiger partial charge in [0.1, 0.15) is 24.9 Å². The molecule has 0 bridgehead atoms. The largest absolute Gasteiger partial charge is 0.458 e. The second kappa shape index (κ2) is 13.7. The standard InChI is InChI=1S/C31H32O7/c1-2-12-26-28(32)29(35-20-22-13-6-3-7-14-22)27(38-26)19-25(37-31(34)24-17-10-5-11-18-24)21-36-30(33)23-15-8-4-9-16-23/h2-11,13-18,25-29,32H,1,12,19-21H2/t25?,26-,27+,28-,29-/m0/s1. The van der Waals surface area contributed by atoms with Crippen molar-refractivity contribution in [3.63, 3.8) is 0 Å². The predicted molar refractivity (Wildman–Crippen MR) is 141 cm³/mol. The Balaban J connectivity index is 1.49. The molecular formula is C31H32O7. The second-order valence-electron chi connectivity index (χ2n) is 9.08. The van der Waals surface area contributed by atoms with Crippen LogP contribution >= 0.6 is 0 Å². The van der Waals surface area contributed by atoms with E-state index in [4.69, 9.17) is 18.9 Å². The molecule has 3 aromatic rings. The molecule has 0 radical (unpaired) electrons. The van der Waals surface area contributed by atoms with Crippen molar-refractivity contribution in [1.82, 2.24) is 0 Å². The van der Waals surface area contributed by atoms with E-state index in [0.717, 1.165) is 5.56 Å². The number of esters is 2. The van der Waals surface area contributed by atoms with E-state index in [1.807, 2.05) is 30.3 Å². The summed E-state index contributed by atoms with van der Waals surface area (Å²) < 4.78 is 23.5. The zero-order valence-electron chi connectivity index (χ0n) is 21.1. The Hall–Kier alpha value is -3.78. The van der Waals surface area contributed by atoms with Gasteiger partial charge in [-0.05, 0) is 36.2 Å². The fourth-order valence-corrected chi connectivity index (χ4v) is 4.36. The van der Waals surface area contributed by atoms with Gasteiger partial charge in [-0.2, -0.15) is 0 Å². The van der Waals surface area contributed by atoms with E-state index >= 15 is 0 Å². The lowest BCUT2D eigenvalue weighted by molar-refractivity contribution is -0.0690. The highest BCUT2D eigenvalue weighted by molar-refractivity contribution is 5.90. The summed E-state index contributed by atoms with van der Waals surface area (Å²) in [4.78, 5) is 25.5. The highest BCUT2D eigenvalue weighted by Gasteiger charge is 2.45. The van der Waals surface area contributed by atoms with Crippen molar-refractivity contribution in [2.45, 2.75) is 50.0 Å². The summed E-state index contributed by atoms with van der Waals surface area (Å²) in [6, 6.07) is 26.8. The Kier molecular flexibility index (Phi) is 9.81. The average molecular weight is 517 g/mol. The number of benzene rings is 3. The number of aliphatic hydroxyl groups is 1. The predicted octanol–water partition coefficient (Wildman–Crippen LogP) is 4.75. The molecule has 0 amide bonds. The SMILES string of the molecule is C=CC[C@@H]1O[C@H](CC(COC(=O)c2ccccc2)OC(=O)c2ccccc2)[C@H](OCc2ccccc2)[C@H]1O. The number of hydrogen-bond acceptors (Lipinski definition) is 7. The van der Waals surface area contributed by atoms with Gasteiger partial charge in [0, 0.05) is 6.42 Å². The van der Waals surface area contributed by atoms with E-state index in [9.17, 15) is 14.7 Å². The maximum atomic E-state index is 12.9. The lowest BCUT2D eigenvalue weighted by Crippen LogP contribution is -2.38. The van der Waals surface area contributed by atoms with Gasteiger partial charge in [0.2, 0.25) is 0 Å². The van der Waals surface area contributed by atoms with Crippen LogP contribution in [0, 0.1) is 0 Å². The minimum absolute atomic E-state index is 0.158. The van der Waals surface area contributed by atoms with E-state index in [1.54, 1.807) is 66.7 Å². The van der Waals surface area contributed by atoms with Gasteiger partial charge in [0.05, 0.1) is 29.9 Å². The third-order valence-electron chi connectivity index (χ3n) is 6.31. The Morgan fingerprint density at radius 3 is 2.05 bits per heavy atom. The van der Waals surface area contributed by atoms with Crippen molar-refractivity contribution >= 4 is 11.9 Å². The number of carbonyl (C=O) groups excluding carboxylic acids is 2. The van der Waals surface area contributed by atoms with Crippen molar-refractivity contribution < 1.29 is 33.6 Å². The van der Waals surface area contributed by atoms with Crippen molar-refractivity contribution in [2.75, 3.05) is 6.61 Å². The summed E-state index contributed by atoms with van der Waals surface area (Å²) in [6.45, 7) is 3.85. The van der Waals surface area contributed by atoms with Crippen molar-refractivity contribution in [2.24, 2.45) is 0 Å². The van der Waals surface area contributed by atoms with Crippen molar-refractivity contribution in [3.05, 3.63) is 120 Å². The first-order valence-electron chi connectivity index (χ1n) is 12.6. The maximum Gasteiger partial charge on any atom is 0.338 e. The van der Waals surface area contributed by atoms with Crippen LogP contribution in [0.4, 0.5) is 0 Å². The lowest BCUT2D eigenvalue weighted by Gasteiger charge is -2.25. The third-order valence-corrected chi connectivity index (χ3v) is 6.31. The Bertz CT molecular complexity index is 1170. The smallest absolute Gasteiger partial charge is 0.338 e. The number of ether oxygens (including phenoxy) is 4. The molecule has 3 aromatic carbocycles. The van der Waals surface area contributed by atoms with Crippen LogP contribution < -0.4 is 0 Å². The maximum absolute atomic E-state index is 12.9. The summed E-state index contributed by atoms with van der Waals surface area (Å²) in [5, 5.41) is 11.0. The molecule has 4 rings (SSSR count). The summed E-state index contributed by atoms with van der Waals surface area (Å²) >= 11 is 0. The average Bonchev–Trinajstić information content (AvgIpc) is 3.25. The van der Waals surface area contributed by atoms with Crippen LogP contribution in [0.3, 0.4) is 0 Å². The Morgan fingerprint density at radius 1 is 0.868 bits per heavy atom. The molecule has 0 spiro atoms. The Labute approximate surface area is 222 Å². The van der Waals surface area contributed by atoms with Crippen LogP contribution in [0.1, 0.15) is 39.1 Å². The van der Waals surface area contributed by atoms with E-state index in [-0.39, 0.29) is 19.6 Å². The first-order valence-corrected chi connectivity index (χ1v) is 12.6. The molecule has 7 nitrogen and oxygen atoms in total. The van der Waals surface area contributed by atoms with Gasteiger partial charge in [-0.25, -0.2) is 9.59 Å². The van der Waals surface area contributed by atoms with Gasteiger partial charge < -0.3 is 24.1 Å². The minimum atomic E-state index is -0.904. The van der Waals surface area contributed by atoms with Gasteiger partial charge in [0.15, 0.2) is 0 Å². The lowest BCUT2D eigenvalue weighted by atomic mass is 10.0. The molecule has 1 aliphatic rings. The highest BCUT2D eigenvalue weighted by Crippen LogP contribution is 2.31. The summed E-state index contributed by atoms with van der Waals surface area (Å²) in [5.74, 6) is -1.07. The van der Waals surface area contributed by atoms with E-state index < -0.39 is 42.5 Å². The quantitative estimate of drug-likeness (QED) is 0.274. The molecular weight excluding hydrogens is 484 g/mol. The van der Waals surface area contributed by atoms with Gasteiger partial charge in [-0.15, -0.1) is 6.58 Å². The molecule has 38 heavy (non-hydrogen) atoms. The molecule has 1 heterocycles. The number of hydrogen-bond donors (Lipinski definition) is 1. The number of carbonyl (C=O) groups is 2. The van der Waals surface area contributed by atoms with Crippen LogP contribution in [-0.2, 0) is 25.6 Å². The molecule has 1 fully saturated rings. The van der Waals surface area contributed by atoms with E-state index in [0.29, 0.717) is 17.5 Å². The molecule has 0 saturated carbocycles. The third kappa shape index (κ3) is 7.38. The van der Waals surface area contributed by atoms with Gasteiger partial charge in [-0.3, -0.25) is 0 Å². The molecule has 5 atom stereocenters. The molecule has 1 unspecified atom stereocenters. The molecule has 7 heteroatoms. The van der Waals surface area contributed by atoms with E-state index in [2.05, 4.69) is 6.58 Å². The van der Waals surface area contributed by atoms with Crippen LogP contribution in [0.2, 0.25) is 0 Å². The zero-order chi connectivity index (χ0) is 26.7. The van der Waals surface area contributed by atoms with Gasteiger partial charge in [-0.1, -0.05) is 72.8 Å². The molecule has 1 aliphatic heterocycles. The topological polar surface area (TPSA) is 91.3 Å². The first kappa shape index (κ1) is 27.3. The zero-order valence-corrected chi connectivity index (χ0v) is 21.1. The van der Waals surface area contributed by atoms with E-state index in [1.165, 1.54) is 0 Å². The van der Waals surface area contributed by atoms with Crippen LogP contribution in [0.25, 0.3) is 0 Å². The van der Waals surface area contributed by atoms with Gasteiger partial charge in [0.25, 0.3) is 0 Å². The molecule has 1 N–H and O–H groups in total. The summed E-state index contributed by atoms with van der Waals surface area (Å²) in [5.41, 5.74) is 1.72. The van der Waals surface area contributed by atoms with Crippen LogP contribution in [0.5, 0.6) is 0 Å².